The van der Waals surface area contributed by atoms with Crippen LogP contribution >= 0.6 is 15.9 Å². The van der Waals surface area contributed by atoms with Crippen LogP contribution in [0.4, 0.5) is 4.79 Å². The van der Waals surface area contributed by atoms with E-state index in [2.05, 4.69) is 21.2 Å². The summed E-state index contributed by atoms with van der Waals surface area (Å²) in [4.78, 5) is 38.1. The predicted molar refractivity (Wildman–Crippen MR) is 94.5 cm³/mol. The summed E-state index contributed by atoms with van der Waals surface area (Å²) in [5, 5.41) is 2.83. The average Bonchev–Trinajstić information content (AvgIpc) is 2.82. The van der Waals surface area contributed by atoms with Gasteiger partial charge in [-0.2, -0.15) is 0 Å². The normalized spacial score (nSPS) is 26.0. The number of amides is 3. The largest absolute Gasteiger partial charge is 0.459 e. The molecule has 0 unspecified atom stereocenters. The fourth-order valence-corrected chi connectivity index (χ4v) is 3.99. The number of urea groups is 1. The van der Waals surface area contributed by atoms with Crippen molar-refractivity contribution in [3.63, 3.8) is 0 Å². The lowest BCUT2D eigenvalue weighted by molar-refractivity contribution is -0.149. The van der Waals surface area contributed by atoms with Gasteiger partial charge in [-0.3, -0.25) is 14.5 Å². The Morgan fingerprint density at radius 1 is 1.36 bits per heavy atom. The number of nitrogens with one attached hydrogen (secondary N) is 1. The maximum absolute atomic E-state index is 12.8. The highest BCUT2D eigenvalue weighted by molar-refractivity contribution is 9.10. The third-order valence-electron chi connectivity index (χ3n) is 5.14. The molecule has 0 aromatic heterocycles. The Morgan fingerprint density at radius 3 is 2.84 bits per heavy atom. The quantitative estimate of drug-likeness (QED) is 0.613. The molecule has 25 heavy (non-hydrogen) atoms. The third-order valence-corrected chi connectivity index (χ3v) is 5.91. The van der Waals surface area contributed by atoms with Crippen molar-refractivity contribution in [2.45, 2.75) is 44.8 Å². The summed E-state index contributed by atoms with van der Waals surface area (Å²) in [5.41, 5.74) is -0.0247. The van der Waals surface area contributed by atoms with Gasteiger partial charge >= 0.3 is 12.0 Å². The van der Waals surface area contributed by atoms with Gasteiger partial charge in [-0.25, -0.2) is 4.79 Å². The van der Waals surface area contributed by atoms with Crippen molar-refractivity contribution < 1.29 is 19.1 Å². The molecule has 1 aromatic carbocycles. The molecule has 134 valence electrons. The second kappa shape index (κ2) is 7.15. The molecule has 1 spiro atoms. The molecule has 7 heteroatoms. The Kier molecular flexibility index (Phi) is 5.13. The summed E-state index contributed by atoms with van der Waals surface area (Å²) in [6, 6.07) is 6.91. The van der Waals surface area contributed by atoms with Crippen LogP contribution in [0.5, 0.6) is 0 Å². The molecular weight excluding hydrogens is 388 g/mol. The van der Waals surface area contributed by atoms with Gasteiger partial charge in [0, 0.05) is 10.0 Å². The highest BCUT2D eigenvalue weighted by Gasteiger charge is 2.55. The molecule has 1 N–H and O–H groups in total. The fraction of sp³-hybridized carbons (Fsp3) is 0.500. The molecule has 1 aliphatic heterocycles. The van der Waals surface area contributed by atoms with E-state index < -0.39 is 17.5 Å². The van der Waals surface area contributed by atoms with Gasteiger partial charge in [-0.1, -0.05) is 53.9 Å². The van der Waals surface area contributed by atoms with Crippen molar-refractivity contribution in [2.24, 2.45) is 5.92 Å². The maximum atomic E-state index is 12.8. The number of nitrogens with zero attached hydrogens (tertiary/aromatic N) is 1. The zero-order valence-corrected chi connectivity index (χ0v) is 15.7. The van der Waals surface area contributed by atoms with Crippen molar-refractivity contribution in [1.82, 2.24) is 10.2 Å². The monoisotopic (exact) mass is 408 g/mol. The van der Waals surface area contributed by atoms with E-state index in [1.54, 1.807) is 0 Å². The number of hydrogen-bond acceptors (Lipinski definition) is 4. The number of hydrogen-bond donors (Lipinski definition) is 1. The molecule has 0 bridgehead atoms. The number of esters is 1. The van der Waals surface area contributed by atoms with Crippen molar-refractivity contribution in [1.29, 1.82) is 0 Å². The van der Waals surface area contributed by atoms with E-state index in [4.69, 9.17) is 4.74 Å². The molecule has 2 aliphatic rings. The number of carbonyl (C=O) groups is 3. The van der Waals surface area contributed by atoms with Gasteiger partial charge in [0.15, 0.2) is 0 Å². The van der Waals surface area contributed by atoms with E-state index in [9.17, 15) is 14.4 Å². The van der Waals surface area contributed by atoms with Crippen LogP contribution in [-0.4, -0.2) is 34.9 Å². The van der Waals surface area contributed by atoms with E-state index in [1.165, 1.54) is 0 Å². The molecule has 1 saturated carbocycles. The first-order chi connectivity index (χ1) is 11.9. The minimum Gasteiger partial charge on any atom is -0.459 e. The molecule has 1 heterocycles. The Hall–Kier alpha value is -1.89. The Balaban J connectivity index is 1.62. The van der Waals surface area contributed by atoms with Crippen molar-refractivity contribution in [3.05, 3.63) is 34.3 Å². The second-order valence-corrected chi connectivity index (χ2v) is 7.55. The van der Waals surface area contributed by atoms with Crippen LogP contribution in [0.2, 0.25) is 0 Å². The first-order valence-electron chi connectivity index (χ1n) is 8.47. The van der Waals surface area contributed by atoms with Crippen LogP contribution in [0.3, 0.4) is 0 Å². The zero-order chi connectivity index (χ0) is 18.0. The van der Waals surface area contributed by atoms with Gasteiger partial charge in [-0.05, 0) is 24.8 Å². The summed E-state index contributed by atoms with van der Waals surface area (Å²) in [5.74, 6) is -0.832. The molecule has 2 atom stereocenters. The summed E-state index contributed by atoms with van der Waals surface area (Å²) >= 11 is 3.39. The summed E-state index contributed by atoms with van der Waals surface area (Å²) in [6.45, 7) is 1.71. The van der Waals surface area contributed by atoms with E-state index in [0.29, 0.717) is 6.42 Å². The van der Waals surface area contributed by atoms with Crippen LogP contribution in [0, 0.1) is 5.92 Å². The molecule has 1 aliphatic carbocycles. The first-order valence-corrected chi connectivity index (χ1v) is 9.26. The lowest BCUT2D eigenvalue weighted by Gasteiger charge is -2.36. The van der Waals surface area contributed by atoms with E-state index in [-0.39, 0.29) is 25.0 Å². The highest BCUT2D eigenvalue weighted by Crippen LogP contribution is 2.38. The van der Waals surface area contributed by atoms with Gasteiger partial charge in [-0.15, -0.1) is 0 Å². The Labute approximate surface area is 155 Å². The van der Waals surface area contributed by atoms with Crippen LogP contribution in [-0.2, 0) is 20.9 Å². The lowest BCUT2D eigenvalue weighted by Crippen LogP contribution is -2.54. The van der Waals surface area contributed by atoms with Crippen molar-refractivity contribution >= 4 is 33.8 Å². The smallest absolute Gasteiger partial charge is 0.326 e. The van der Waals surface area contributed by atoms with Gasteiger partial charge in [0.05, 0.1) is 0 Å². The summed E-state index contributed by atoms with van der Waals surface area (Å²) in [6.07, 6.45) is 3.48. The number of halogens is 1. The number of carbonyl (C=O) groups excluding carboxylic acids is 3. The third kappa shape index (κ3) is 3.42. The number of rotatable bonds is 4. The second-order valence-electron chi connectivity index (χ2n) is 6.69. The van der Waals surface area contributed by atoms with Gasteiger partial charge in [0.2, 0.25) is 0 Å². The standard InChI is InChI=1S/C18H21BrN2O4/c1-12-6-4-5-9-18(12)16(23)21(17(24)20-18)10-15(22)25-11-13-7-2-3-8-14(13)19/h2-3,7-8,12H,4-6,9-11H2,1H3,(H,20,24)/t12-,18-/m0/s1. The zero-order valence-electron chi connectivity index (χ0n) is 14.1. The summed E-state index contributed by atoms with van der Waals surface area (Å²) in [7, 11) is 0. The van der Waals surface area contributed by atoms with E-state index in [0.717, 1.165) is 34.2 Å². The molecule has 3 amide bonds. The van der Waals surface area contributed by atoms with Crippen molar-refractivity contribution in [2.75, 3.05) is 6.54 Å². The Morgan fingerprint density at radius 2 is 2.12 bits per heavy atom. The SMILES string of the molecule is C[C@H]1CCCC[C@]12NC(=O)N(CC(=O)OCc1ccccc1Br)C2=O. The van der Waals surface area contributed by atoms with E-state index >= 15 is 0 Å². The predicted octanol–water partition coefficient (Wildman–Crippen LogP) is 2.99. The van der Waals surface area contributed by atoms with Crippen LogP contribution in [0.25, 0.3) is 0 Å². The highest BCUT2D eigenvalue weighted by atomic mass is 79.9. The van der Waals surface area contributed by atoms with Crippen LogP contribution in [0.15, 0.2) is 28.7 Å². The van der Waals surface area contributed by atoms with Crippen molar-refractivity contribution in [3.8, 4) is 0 Å². The van der Waals surface area contributed by atoms with Gasteiger partial charge in [0.1, 0.15) is 18.7 Å². The minimum atomic E-state index is -0.849. The van der Waals surface area contributed by atoms with E-state index in [1.807, 2.05) is 31.2 Å². The summed E-state index contributed by atoms with van der Waals surface area (Å²) < 4.78 is 6.07. The minimum absolute atomic E-state index is 0.0685. The maximum Gasteiger partial charge on any atom is 0.326 e. The topological polar surface area (TPSA) is 75.7 Å². The molecule has 1 aromatic rings. The molecule has 3 rings (SSSR count). The number of benzene rings is 1. The first kappa shape index (κ1) is 17.9. The average molecular weight is 409 g/mol. The molecular formula is C18H21BrN2O4. The molecule has 2 fully saturated rings. The molecule has 6 nitrogen and oxygen atoms in total. The number of ether oxygens (including phenoxy) is 1. The fourth-order valence-electron chi connectivity index (χ4n) is 3.59. The number of imide groups is 1. The van der Waals surface area contributed by atoms with Crippen LogP contribution < -0.4 is 5.32 Å². The molecule has 1 saturated heterocycles. The molecule has 0 radical (unpaired) electrons. The van der Waals surface area contributed by atoms with Crippen LogP contribution in [0.1, 0.15) is 38.2 Å². The van der Waals surface area contributed by atoms with Gasteiger partial charge in [0.25, 0.3) is 5.91 Å². The lowest BCUT2D eigenvalue weighted by atomic mass is 9.73. The van der Waals surface area contributed by atoms with Gasteiger partial charge < -0.3 is 10.1 Å². The Bertz CT molecular complexity index is 708.